The monoisotopic (exact) mass is 324 g/mol. The Hall–Kier alpha value is -3.02. The van der Waals surface area contributed by atoms with E-state index in [-0.39, 0.29) is 12.0 Å². The van der Waals surface area contributed by atoms with E-state index in [0.29, 0.717) is 30.9 Å². The van der Waals surface area contributed by atoms with Crippen LogP contribution in [0, 0.1) is 0 Å². The molecule has 6 nitrogen and oxygen atoms in total. The first kappa shape index (κ1) is 14.6. The van der Waals surface area contributed by atoms with Crippen molar-refractivity contribution in [3.63, 3.8) is 0 Å². The Bertz CT molecular complexity index is 780. The molecule has 1 fully saturated rings. The van der Waals surface area contributed by atoms with Crippen LogP contribution in [0.2, 0.25) is 0 Å². The number of cyclic esters (lactones) is 1. The molecule has 1 atom stereocenters. The second-order valence-electron chi connectivity index (χ2n) is 5.72. The fraction of sp³-hybridized carbons (Fsp3) is 0.222. The van der Waals surface area contributed by atoms with Gasteiger partial charge in [0.25, 0.3) is 5.91 Å². The van der Waals surface area contributed by atoms with E-state index in [4.69, 9.17) is 9.47 Å². The summed E-state index contributed by atoms with van der Waals surface area (Å²) in [7, 11) is 0. The minimum absolute atomic E-state index is 0.202. The van der Waals surface area contributed by atoms with Crippen LogP contribution in [0.5, 0.6) is 5.75 Å². The molecule has 2 aliphatic heterocycles. The summed E-state index contributed by atoms with van der Waals surface area (Å²) < 4.78 is 10.6. The van der Waals surface area contributed by atoms with Gasteiger partial charge in [-0.1, -0.05) is 24.3 Å². The van der Waals surface area contributed by atoms with Crippen molar-refractivity contribution in [2.75, 3.05) is 23.4 Å². The van der Waals surface area contributed by atoms with E-state index in [9.17, 15) is 9.59 Å². The third-order valence-electron chi connectivity index (χ3n) is 4.13. The smallest absolute Gasteiger partial charge is 0.414 e. The van der Waals surface area contributed by atoms with E-state index in [1.165, 1.54) is 4.90 Å². The maximum absolute atomic E-state index is 12.4. The first-order valence-corrected chi connectivity index (χ1v) is 7.80. The number of benzene rings is 2. The zero-order valence-corrected chi connectivity index (χ0v) is 12.9. The summed E-state index contributed by atoms with van der Waals surface area (Å²) in [5.74, 6) is 0.554. The minimum atomic E-state index is -0.539. The first-order chi connectivity index (χ1) is 11.7. The van der Waals surface area contributed by atoms with Crippen LogP contribution in [-0.2, 0) is 16.0 Å². The van der Waals surface area contributed by atoms with Crippen molar-refractivity contribution in [3.05, 3.63) is 54.1 Å². The van der Waals surface area contributed by atoms with E-state index in [1.807, 2.05) is 30.3 Å². The third kappa shape index (κ3) is 2.67. The van der Waals surface area contributed by atoms with Gasteiger partial charge in [0.2, 0.25) is 0 Å². The lowest BCUT2D eigenvalue weighted by Gasteiger charge is -2.15. The maximum Gasteiger partial charge on any atom is 0.414 e. The zero-order valence-electron chi connectivity index (χ0n) is 12.9. The fourth-order valence-electron chi connectivity index (χ4n) is 2.93. The van der Waals surface area contributed by atoms with Crippen LogP contribution >= 0.6 is 0 Å². The Morgan fingerprint density at radius 1 is 1.17 bits per heavy atom. The lowest BCUT2D eigenvalue weighted by atomic mass is 10.1. The molecule has 2 aromatic carbocycles. The minimum Gasteiger partial charge on any atom is -0.480 e. The molecule has 2 heterocycles. The van der Waals surface area contributed by atoms with Crippen LogP contribution in [0.15, 0.2) is 48.5 Å². The highest BCUT2D eigenvalue weighted by atomic mass is 16.6. The van der Waals surface area contributed by atoms with Crippen LogP contribution in [0.4, 0.5) is 16.2 Å². The summed E-state index contributed by atoms with van der Waals surface area (Å²) in [4.78, 5) is 25.6. The number of nitrogens with zero attached hydrogens (tertiary/aromatic N) is 1. The molecular formula is C18H16N2O4. The van der Waals surface area contributed by atoms with Crippen molar-refractivity contribution in [2.45, 2.75) is 12.5 Å². The van der Waals surface area contributed by atoms with Gasteiger partial charge in [0, 0.05) is 17.8 Å². The van der Waals surface area contributed by atoms with Crippen molar-refractivity contribution in [3.8, 4) is 5.75 Å². The number of hydrogen-bond donors (Lipinski definition) is 1. The summed E-state index contributed by atoms with van der Waals surface area (Å²) in [5, 5.41) is 2.85. The number of rotatable bonds is 3. The Morgan fingerprint density at radius 3 is 2.83 bits per heavy atom. The molecule has 2 aromatic rings. The average Bonchev–Trinajstić information content (AvgIpc) is 3.21. The standard InChI is InChI=1S/C18H16N2O4/c21-17(16-10-12-4-1-2-7-15(12)24-16)19-13-5-3-6-14(11-13)20-8-9-23-18(20)22/h1-7,11,16H,8-10H2,(H,19,21)/t16-/m1/s1. The molecule has 0 saturated carbocycles. The Morgan fingerprint density at radius 2 is 2.04 bits per heavy atom. The summed E-state index contributed by atoms with van der Waals surface area (Å²) in [6, 6.07) is 14.8. The third-order valence-corrected chi connectivity index (χ3v) is 4.13. The Balaban J connectivity index is 1.46. The molecule has 122 valence electrons. The number of amides is 2. The number of hydrogen-bond acceptors (Lipinski definition) is 4. The van der Waals surface area contributed by atoms with E-state index in [1.54, 1.807) is 18.2 Å². The molecule has 24 heavy (non-hydrogen) atoms. The van der Waals surface area contributed by atoms with Gasteiger partial charge < -0.3 is 14.8 Å². The number of anilines is 2. The number of nitrogens with one attached hydrogen (secondary N) is 1. The summed E-state index contributed by atoms with van der Waals surface area (Å²) in [5.41, 5.74) is 2.36. The molecule has 0 bridgehead atoms. The van der Waals surface area contributed by atoms with Crippen LogP contribution in [0.25, 0.3) is 0 Å². The molecule has 0 aliphatic carbocycles. The lowest BCUT2D eigenvalue weighted by molar-refractivity contribution is -0.122. The average molecular weight is 324 g/mol. The van der Waals surface area contributed by atoms with E-state index in [0.717, 1.165) is 11.3 Å². The largest absolute Gasteiger partial charge is 0.480 e. The van der Waals surface area contributed by atoms with Gasteiger partial charge >= 0.3 is 6.09 Å². The Kier molecular flexibility index (Phi) is 3.57. The number of para-hydroxylation sites is 1. The fourth-order valence-corrected chi connectivity index (χ4v) is 2.93. The molecule has 1 saturated heterocycles. The molecule has 4 rings (SSSR count). The molecule has 0 radical (unpaired) electrons. The van der Waals surface area contributed by atoms with Gasteiger partial charge in [-0.3, -0.25) is 9.69 Å². The summed E-state index contributed by atoms with van der Waals surface area (Å²) >= 11 is 0. The zero-order chi connectivity index (χ0) is 16.5. The molecule has 0 aromatic heterocycles. The summed E-state index contributed by atoms with van der Waals surface area (Å²) in [6.07, 6.45) is -0.351. The van der Waals surface area contributed by atoms with Gasteiger partial charge in [-0.2, -0.15) is 0 Å². The van der Waals surface area contributed by atoms with Crippen molar-refractivity contribution in [1.82, 2.24) is 0 Å². The highest BCUT2D eigenvalue weighted by Gasteiger charge is 2.29. The second kappa shape index (κ2) is 5.88. The van der Waals surface area contributed by atoms with Crippen LogP contribution in [0.3, 0.4) is 0 Å². The number of carbonyl (C=O) groups is 2. The lowest BCUT2D eigenvalue weighted by Crippen LogP contribution is -2.31. The first-order valence-electron chi connectivity index (χ1n) is 7.80. The van der Waals surface area contributed by atoms with Crippen LogP contribution in [-0.4, -0.2) is 31.3 Å². The van der Waals surface area contributed by atoms with Crippen molar-refractivity contribution >= 4 is 23.4 Å². The van der Waals surface area contributed by atoms with Gasteiger partial charge in [-0.25, -0.2) is 4.79 Å². The van der Waals surface area contributed by atoms with Gasteiger partial charge in [0.15, 0.2) is 6.10 Å². The molecule has 0 spiro atoms. The molecule has 6 heteroatoms. The van der Waals surface area contributed by atoms with Crippen molar-refractivity contribution in [1.29, 1.82) is 0 Å². The highest BCUT2D eigenvalue weighted by Crippen LogP contribution is 2.29. The van der Waals surface area contributed by atoms with Gasteiger partial charge in [0.05, 0.1) is 6.54 Å². The SMILES string of the molecule is O=C(Nc1cccc(N2CCOC2=O)c1)[C@H]1Cc2ccccc2O1. The summed E-state index contributed by atoms with van der Waals surface area (Å²) in [6.45, 7) is 0.890. The van der Waals surface area contributed by atoms with Crippen molar-refractivity contribution < 1.29 is 19.1 Å². The van der Waals surface area contributed by atoms with Gasteiger partial charge in [0.1, 0.15) is 12.4 Å². The topological polar surface area (TPSA) is 67.9 Å². The second-order valence-corrected chi connectivity index (χ2v) is 5.72. The number of fused-ring (bicyclic) bond motifs is 1. The molecule has 2 aliphatic rings. The van der Waals surface area contributed by atoms with E-state index in [2.05, 4.69) is 5.32 Å². The van der Waals surface area contributed by atoms with E-state index >= 15 is 0 Å². The molecule has 0 unspecified atom stereocenters. The molecular weight excluding hydrogens is 308 g/mol. The Labute approximate surface area is 139 Å². The quantitative estimate of drug-likeness (QED) is 0.942. The van der Waals surface area contributed by atoms with E-state index < -0.39 is 6.10 Å². The van der Waals surface area contributed by atoms with Crippen molar-refractivity contribution in [2.24, 2.45) is 0 Å². The number of ether oxygens (including phenoxy) is 2. The van der Waals surface area contributed by atoms with Crippen LogP contribution in [0.1, 0.15) is 5.56 Å². The van der Waals surface area contributed by atoms with Crippen LogP contribution < -0.4 is 15.0 Å². The van der Waals surface area contributed by atoms with Gasteiger partial charge in [-0.15, -0.1) is 0 Å². The number of carbonyl (C=O) groups excluding carboxylic acids is 2. The highest BCUT2D eigenvalue weighted by molar-refractivity contribution is 5.96. The predicted molar refractivity (Wildman–Crippen MR) is 88.3 cm³/mol. The predicted octanol–water partition coefficient (Wildman–Crippen LogP) is 2.59. The van der Waals surface area contributed by atoms with Gasteiger partial charge in [-0.05, 0) is 29.8 Å². The maximum atomic E-state index is 12.4. The molecule has 1 N–H and O–H groups in total. The molecule has 2 amide bonds. The normalized spacial score (nSPS) is 18.8.